The highest BCUT2D eigenvalue weighted by Gasteiger charge is 2.31. The van der Waals surface area contributed by atoms with Gasteiger partial charge in [-0.2, -0.15) is 0 Å². The van der Waals surface area contributed by atoms with Gasteiger partial charge in [-0.1, -0.05) is 0 Å². The molecule has 2 heterocycles. The Balaban J connectivity index is 1.73. The molecule has 2 aliphatic rings. The molecule has 0 saturated carbocycles. The zero-order chi connectivity index (χ0) is 12.6. The van der Waals surface area contributed by atoms with E-state index in [9.17, 15) is 8.42 Å². The van der Waals surface area contributed by atoms with Crippen molar-refractivity contribution in [2.75, 3.05) is 17.6 Å². The molecule has 0 radical (unpaired) electrons. The second-order valence-corrected chi connectivity index (χ2v) is 7.41. The van der Waals surface area contributed by atoms with Crippen molar-refractivity contribution >= 4 is 15.7 Å². The van der Waals surface area contributed by atoms with Gasteiger partial charge in [0, 0.05) is 17.8 Å². The van der Waals surface area contributed by atoms with E-state index in [1.54, 1.807) is 6.33 Å². The summed E-state index contributed by atoms with van der Waals surface area (Å²) in [5, 5.41) is 2.97. The van der Waals surface area contributed by atoms with Gasteiger partial charge in [-0.05, 0) is 32.1 Å². The molecule has 5 nitrogen and oxygen atoms in total. The Hall–Kier alpha value is -1.17. The number of anilines is 1. The Morgan fingerprint density at radius 2 is 2.17 bits per heavy atom. The molecule has 6 heteroatoms. The number of sulfone groups is 1. The van der Waals surface area contributed by atoms with E-state index in [-0.39, 0.29) is 5.25 Å². The highest BCUT2D eigenvalue weighted by atomic mass is 32.2. The first kappa shape index (κ1) is 11.9. The fraction of sp³-hybridized carbons (Fsp3) is 0.667. The highest BCUT2D eigenvalue weighted by molar-refractivity contribution is 7.92. The summed E-state index contributed by atoms with van der Waals surface area (Å²) in [4.78, 5) is 8.50. The van der Waals surface area contributed by atoms with Crippen LogP contribution in [0.1, 0.15) is 30.5 Å². The lowest BCUT2D eigenvalue weighted by Crippen LogP contribution is -2.25. The summed E-state index contributed by atoms with van der Waals surface area (Å²) in [5.41, 5.74) is 2.29. The average molecular weight is 267 g/mol. The van der Waals surface area contributed by atoms with Gasteiger partial charge >= 0.3 is 0 Å². The van der Waals surface area contributed by atoms with E-state index in [4.69, 9.17) is 0 Å². The second kappa shape index (κ2) is 4.50. The molecule has 1 saturated heterocycles. The number of aryl methyl sites for hydroxylation is 1. The molecule has 0 bridgehead atoms. The van der Waals surface area contributed by atoms with Gasteiger partial charge in [-0.3, -0.25) is 0 Å². The number of hydrogen-bond donors (Lipinski definition) is 1. The first-order valence-electron chi connectivity index (χ1n) is 6.45. The van der Waals surface area contributed by atoms with Crippen molar-refractivity contribution in [2.45, 2.75) is 37.4 Å². The normalized spacial score (nSPS) is 25.0. The van der Waals surface area contributed by atoms with Gasteiger partial charge in [0.15, 0.2) is 9.84 Å². The van der Waals surface area contributed by atoms with Crippen LogP contribution in [0.4, 0.5) is 5.82 Å². The minimum atomic E-state index is -2.88. The molecular formula is C12H17N3O2S. The lowest BCUT2D eigenvalue weighted by molar-refractivity contribution is 0.591. The van der Waals surface area contributed by atoms with E-state index in [1.807, 2.05) is 0 Å². The Kier molecular flexibility index (Phi) is 2.97. The van der Waals surface area contributed by atoms with E-state index in [1.165, 1.54) is 5.56 Å². The quantitative estimate of drug-likeness (QED) is 0.883. The molecule has 1 atom stereocenters. The van der Waals surface area contributed by atoms with Gasteiger partial charge in [0.05, 0.1) is 11.0 Å². The first-order valence-corrected chi connectivity index (χ1v) is 8.16. The third-order valence-electron chi connectivity index (χ3n) is 3.83. The van der Waals surface area contributed by atoms with Crippen LogP contribution in [0.3, 0.4) is 0 Å². The van der Waals surface area contributed by atoms with Gasteiger partial charge in [0.1, 0.15) is 12.1 Å². The van der Waals surface area contributed by atoms with Crippen molar-refractivity contribution in [1.82, 2.24) is 9.97 Å². The van der Waals surface area contributed by atoms with Crippen LogP contribution < -0.4 is 5.32 Å². The van der Waals surface area contributed by atoms with Gasteiger partial charge in [-0.25, -0.2) is 18.4 Å². The van der Waals surface area contributed by atoms with Crippen LogP contribution in [-0.2, 0) is 22.7 Å². The Morgan fingerprint density at radius 1 is 1.28 bits per heavy atom. The molecule has 0 aromatic carbocycles. The number of nitrogens with one attached hydrogen (secondary N) is 1. The van der Waals surface area contributed by atoms with E-state index in [0.717, 1.165) is 43.6 Å². The van der Waals surface area contributed by atoms with Crippen molar-refractivity contribution in [1.29, 1.82) is 0 Å². The number of rotatable bonds is 3. The molecule has 1 aliphatic carbocycles. The molecular weight excluding hydrogens is 250 g/mol. The van der Waals surface area contributed by atoms with Crippen molar-refractivity contribution in [3.63, 3.8) is 0 Å². The molecule has 0 amide bonds. The van der Waals surface area contributed by atoms with Gasteiger partial charge < -0.3 is 5.32 Å². The maximum Gasteiger partial charge on any atom is 0.154 e. The maximum absolute atomic E-state index is 11.7. The summed E-state index contributed by atoms with van der Waals surface area (Å²) >= 11 is 0. The fourth-order valence-corrected chi connectivity index (χ4v) is 4.58. The zero-order valence-electron chi connectivity index (χ0n) is 10.2. The summed E-state index contributed by atoms with van der Waals surface area (Å²) < 4.78 is 23.5. The smallest absolute Gasteiger partial charge is 0.154 e. The molecule has 1 N–H and O–H groups in total. The Labute approximate surface area is 107 Å². The van der Waals surface area contributed by atoms with Gasteiger partial charge in [0.25, 0.3) is 0 Å². The number of nitrogens with zero attached hydrogens (tertiary/aromatic N) is 2. The Bertz CT molecular complexity index is 556. The standard InChI is InChI=1S/C12H17N3O2S/c16-18(17)6-2-3-9(18)7-13-12-10-4-1-5-11(10)14-8-15-12/h8-9H,1-7H2,(H,13,14,15). The number of aromatic nitrogens is 2. The lowest BCUT2D eigenvalue weighted by Gasteiger charge is -2.13. The first-order chi connectivity index (χ1) is 8.67. The van der Waals surface area contributed by atoms with Gasteiger partial charge in [0.2, 0.25) is 0 Å². The van der Waals surface area contributed by atoms with Crippen LogP contribution in [0.5, 0.6) is 0 Å². The summed E-state index contributed by atoms with van der Waals surface area (Å²) in [5.74, 6) is 1.17. The molecule has 3 rings (SSSR count). The average Bonchev–Trinajstić information content (AvgIpc) is 2.92. The third kappa shape index (κ3) is 2.09. The topological polar surface area (TPSA) is 72.0 Å². The van der Waals surface area contributed by atoms with Crippen molar-refractivity contribution in [3.8, 4) is 0 Å². The number of fused-ring (bicyclic) bond motifs is 1. The molecule has 0 spiro atoms. The summed E-state index contributed by atoms with van der Waals surface area (Å²) in [6.07, 6.45) is 6.24. The largest absolute Gasteiger partial charge is 0.368 e. The van der Waals surface area contributed by atoms with Crippen molar-refractivity contribution in [2.24, 2.45) is 0 Å². The molecule has 1 aliphatic heterocycles. The summed E-state index contributed by atoms with van der Waals surface area (Å²) in [6, 6.07) is 0. The summed E-state index contributed by atoms with van der Waals surface area (Å²) in [7, 11) is -2.88. The van der Waals surface area contributed by atoms with Crippen molar-refractivity contribution in [3.05, 3.63) is 17.6 Å². The van der Waals surface area contributed by atoms with E-state index in [2.05, 4.69) is 15.3 Å². The number of hydrogen-bond acceptors (Lipinski definition) is 5. The van der Waals surface area contributed by atoms with E-state index >= 15 is 0 Å². The molecule has 1 aromatic heterocycles. The highest BCUT2D eigenvalue weighted by Crippen LogP contribution is 2.26. The molecule has 98 valence electrons. The van der Waals surface area contributed by atoms with Crippen LogP contribution in [0.25, 0.3) is 0 Å². The minimum Gasteiger partial charge on any atom is -0.368 e. The minimum absolute atomic E-state index is 0.246. The molecule has 1 aromatic rings. The van der Waals surface area contributed by atoms with Crippen LogP contribution in [0, 0.1) is 0 Å². The third-order valence-corrected chi connectivity index (χ3v) is 6.11. The predicted octanol–water partition coefficient (Wildman–Crippen LogP) is 0.954. The Morgan fingerprint density at radius 3 is 2.94 bits per heavy atom. The van der Waals surface area contributed by atoms with Crippen LogP contribution in [0.2, 0.25) is 0 Å². The van der Waals surface area contributed by atoms with E-state index in [0.29, 0.717) is 12.3 Å². The van der Waals surface area contributed by atoms with Crippen molar-refractivity contribution < 1.29 is 8.42 Å². The predicted molar refractivity (Wildman–Crippen MR) is 69.4 cm³/mol. The maximum atomic E-state index is 11.7. The SMILES string of the molecule is O=S1(=O)CCCC1CNc1ncnc2c1CCC2. The molecule has 1 unspecified atom stereocenters. The van der Waals surface area contributed by atoms with E-state index < -0.39 is 9.84 Å². The van der Waals surface area contributed by atoms with Crippen LogP contribution in [-0.4, -0.2) is 35.9 Å². The van der Waals surface area contributed by atoms with Crippen LogP contribution in [0.15, 0.2) is 6.33 Å². The molecule has 1 fully saturated rings. The summed E-state index contributed by atoms with van der Waals surface area (Å²) in [6.45, 7) is 0.478. The lowest BCUT2D eigenvalue weighted by atomic mass is 10.2. The fourth-order valence-electron chi connectivity index (χ4n) is 2.81. The monoisotopic (exact) mass is 267 g/mol. The zero-order valence-corrected chi connectivity index (χ0v) is 11.0. The van der Waals surface area contributed by atoms with Crippen LogP contribution >= 0.6 is 0 Å². The van der Waals surface area contributed by atoms with Gasteiger partial charge in [-0.15, -0.1) is 0 Å². The second-order valence-electron chi connectivity index (χ2n) is 5.01. The molecule has 18 heavy (non-hydrogen) atoms.